The molecule has 1 N–H and O–H groups in total. The molecule has 0 aromatic carbocycles. The molecule has 100 valence electrons. The maximum atomic E-state index is 11.4. The molecule has 2 unspecified atom stereocenters. The van der Waals surface area contributed by atoms with E-state index in [1.807, 2.05) is 0 Å². The van der Waals surface area contributed by atoms with E-state index in [0.717, 1.165) is 12.8 Å². The molecule has 17 heavy (non-hydrogen) atoms. The van der Waals surface area contributed by atoms with Crippen LogP contribution in [-0.2, 0) is 14.6 Å². The molecule has 0 aromatic heterocycles. The number of hydrogen-bond donors (Lipinski definition) is 1. The van der Waals surface area contributed by atoms with Gasteiger partial charge in [0.25, 0.3) is 0 Å². The molecule has 0 aromatic rings. The number of aliphatic carboxylic acids is 1. The SMILES string of the molecule is CC1CCCC(CCCS(C)(=O)=O)(C(=O)O)C1. The lowest BCUT2D eigenvalue weighted by molar-refractivity contribution is -0.152. The summed E-state index contributed by atoms with van der Waals surface area (Å²) >= 11 is 0. The fourth-order valence-corrected chi connectivity index (χ4v) is 3.53. The average Bonchev–Trinajstić information content (AvgIpc) is 2.15. The lowest BCUT2D eigenvalue weighted by atomic mass is 9.68. The summed E-state index contributed by atoms with van der Waals surface area (Å²) in [5, 5.41) is 9.39. The van der Waals surface area contributed by atoms with Crippen molar-refractivity contribution in [1.82, 2.24) is 0 Å². The molecule has 1 rings (SSSR count). The summed E-state index contributed by atoms with van der Waals surface area (Å²) in [4.78, 5) is 11.4. The number of carboxylic acids is 1. The van der Waals surface area contributed by atoms with E-state index < -0.39 is 21.2 Å². The van der Waals surface area contributed by atoms with Crippen molar-refractivity contribution in [1.29, 1.82) is 0 Å². The third-order valence-electron chi connectivity index (χ3n) is 3.72. The van der Waals surface area contributed by atoms with Gasteiger partial charge in [-0.15, -0.1) is 0 Å². The largest absolute Gasteiger partial charge is 0.481 e. The predicted octanol–water partition coefficient (Wildman–Crippen LogP) is 2.09. The molecular formula is C12H22O4S. The van der Waals surface area contributed by atoms with Crippen molar-refractivity contribution in [3.8, 4) is 0 Å². The topological polar surface area (TPSA) is 71.4 Å². The average molecular weight is 262 g/mol. The second kappa shape index (κ2) is 5.38. The van der Waals surface area contributed by atoms with Gasteiger partial charge < -0.3 is 5.11 Å². The first-order valence-corrected chi connectivity index (χ1v) is 8.22. The number of carbonyl (C=O) groups is 1. The zero-order chi connectivity index (χ0) is 13.1. The lowest BCUT2D eigenvalue weighted by Crippen LogP contribution is -2.36. The Morgan fingerprint density at radius 2 is 2.12 bits per heavy atom. The summed E-state index contributed by atoms with van der Waals surface area (Å²) in [7, 11) is -2.98. The monoisotopic (exact) mass is 262 g/mol. The van der Waals surface area contributed by atoms with Gasteiger partial charge in [0, 0.05) is 12.0 Å². The van der Waals surface area contributed by atoms with Crippen LogP contribution in [0.25, 0.3) is 0 Å². The Bertz CT molecular complexity index is 374. The smallest absolute Gasteiger partial charge is 0.309 e. The van der Waals surface area contributed by atoms with E-state index in [-0.39, 0.29) is 5.75 Å². The molecule has 0 spiro atoms. The molecule has 0 amide bonds. The van der Waals surface area contributed by atoms with Crippen LogP contribution in [0.5, 0.6) is 0 Å². The van der Waals surface area contributed by atoms with Crippen LogP contribution >= 0.6 is 0 Å². The van der Waals surface area contributed by atoms with Crippen molar-refractivity contribution in [2.24, 2.45) is 11.3 Å². The van der Waals surface area contributed by atoms with Crippen LogP contribution in [-0.4, -0.2) is 31.5 Å². The Kier molecular flexibility index (Phi) is 4.58. The molecule has 0 heterocycles. The standard InChI is InChI=1S/C12H22O4S/c1-10-5-3-6-12(9-10,11(13)14)7-4-8-17(2,15)16/h10H,3-9H2,1-2H3,(H,13,14). The Labute approximate surface area is 103 Å². The molecule has 0 radical (unpaired) electrons. The molecule has 4 nitrogen and oxygen atoms in total. The first-order valence-electron chi connectivity index (χ1n) is 6.16. The number of hydrogen-bond acceptors (Lipinski definition) is 3. The molecule has 0 saturated heterocycles. The van der Waals surface area contributed by atoms with Gasteiger partial charge in [-0.05, 0) is 31.6 Å². The van der Waals surface area contributed by atoms with Crippen molar-refractivity contribution in [2.45, 2.75) is 45.4 Å². The molecular weight excluding hydrogens is 240 g/mol. The summed E-state index contributed by atoms with van der Waals surface area (Å²) in [5.74, 6) is -0.230. The molecule has 0 bridgehead atoms. The number of rotatable bonds is 5. The highest BCUT2D eigenvalue weighted by atomic mass is 32.2. The predicted molar refractivity (Wildman–Crippen MR) is 66.6 cm³/mol. The van der Waals surface area contributed by atoms with Crippen molar-refractivity contribution >= 4 is 15.8 Å². The molecule has 2 atom stereocenters. The van der Waals surface area contributed by atoms with Crippen molar-refractivity contribution < 1.29 is 18.3 Å². The molecule has 0 aliphatic heterocycles. The van der Waals surface area contributed by atoms with E-state index in [1.165, 1.54) is 6.26 Å². The van der Waals surface area contributed by atoms with Crippen LogP contribution in [0.1, 0.15) is 45.4 Å². The first kappa shape index (κ1) is 14.5. The van der Waals surface area contributed by atoms with Crippen LogP contribution < -0.4 is 0 Å². The second-order valence-corrected chi connectivity index (χ2v) is 7.78. The third kappa shape index (κ3) is 4.30. The Morgan fingerprint density at radius 1 is 1.47 bits per heavy atom. The van der Waals surface area contributed by atoms with E-state index in [9.17, 15) is 18.3 Å². The van der Waals surface area contributed by atoms with Gasteiger partial charge in [-0.3, -0.25) is 4.79 Å². The normalized spacial score (nSPS) is 30.1. The van der Waals surface area contributed by atoms with E-state index in [0.29, 0.717) is 31.6 Å². The van der Waals surface area contributed by atoms with Crippen molar-refractivity contribution in [3.63, 3.8) is 0 Å². The van der Waals surface area contributed by atoms with Crippen LogP contribution in [0, 0.1) is 11.3 Å². The summed E-state index contributed by atoms with van der Waals surface area (Å²) in [6.07, 6.45) is 5.54. The lowest BCUT2D eigenvalue weighted by Gasteiger charge is -2.36. The summed E-state index contributed by atoms with van der Waals surface area (Å²) in [6.45, 7) is 2.08. The minimum absolute atomic E-state index is 0.0937. The summed E-state index contributed by atoms with van der Waals surface area (Å²) in [6, 6.07) is 0. The highest BCUT2D eigenvalue weighted by Gasteiger charge is 2.41. The van der Waals surface area contributed by atoms with E-state index in [1.54, 1.807) is 0 Å². The Hall–Kier alpha value is -0.580. The second-order valence-electron chi connectivity index (χ2n) is 5.52. The fraction of sp³-hybridized carbons (Fsp3) is 0.917. The van der Waals surface area contributed by atoms with E-state index in [4.69, 9.17) is 0 Å². The minimum atomic E-state index is -2.98. The van der Waals surface area contributed by atoms with Crippen LogP contribution in [0.4, 0.5) is 0 Å². The van der Waals surface area contributed by atoms with Gasteiger partial charge in [0.2, 0.25) is 0 Å². The number of sulfone groups is 1. The molecule has 1 saturated carbocycles. The highest BCUT2D eigenvalue weighted by molar-refractivity contribution is 7.90. The maximum absolute atomic E-state index is 11.4. The van der Waals surface area contributed by atoms with Gasteiger partial charge >= 0.3 is 5.97 Å². The van der Waals surface area contributed by atoms with Crippen LogP contribution in [0.15, 0.2) is 0 Å². The minimum Gasteiger partial charge on any atom is -0.481 e. The maximum Gasteiger partial charge on any atom is 0.309 e. The van der Waals surface area contributed by atoms with Gasteiger partial charge in [0.05, 0.1) is 5.41 Å². The molecule has 1 aliphatic rings. The van der Waals surface area contributed by atoms with Gasteiger partial charge in [-0.1, -0.05) is 19.8 Å². The molecule has 5 heteroatoms. The number of carboxylic acid groups (broad SMARTS) is 1. The van der Waals surface area contributed by atoms with Crippen molar-refractivity contribution in [3.05, 3.63) is 0 Å². The van der Waals surface area contributed by atoms with E-state index >= 15 is 0 Å². The zero-order valence-electron chi connectivity index (χ0n) is 10.6. The Balaban J connectivity index is 2.63. The van der Waals surface area contributed by atoms with E-state index in [2.05, 4.69) is 6.92 Å². The first-order chi connectivity index (χ1) is 7.75. The van der Waals surface area contributed by atoms with Gasteiger partial charge in [0.15, 0.2) is 0 Å². The zero-order valence-corrected chi connectivity index (χ0v) is 11.4. The fourth-order valence-electron chi connectivity index (χ4n) is 2.86. The van der Waals surface area contributed by atoms with Gasteiger partial charge in [0.1, 0.15) is 9.84 Å². The summed E-state index contributed by atoms with van der Waals surface area (Å²) < 4.78 is 22.1. The quantitative estimate of drug-likeness (QED) is 0.823. The highest BCUT2D eigenvalue weighted by Crippen LogP contribution is 2.43. The van der Waals surface area contributed by atoms with Gasteiger partial charge in [-0.2, -0.15) is 0 Å². The third-order valence-corrected chi connectivity index (χ3v) is 4.75. The Morgan fingerprint density at radius 3 is 2.59 bits per heavy atom. The molecule has 1 fully saturated rings. The van der Waals surface area contributed by atoms with Gasteiger partial charge in [-0.25, -0.2) is 8.42 Å². The summed E-state index contributed by atoms with van der Waals surface area (Å²) in [5.41, 5.74) is -0.678. The van der Waals surface area contributed by atoms with Crippen LogP contribution in [0.2, 0.25) is 0 Å². The van der Waals surface area contributed by atoms with Crippen molar-refractivity contribution in [2.75, 3.05) is 12.0 Å². The molecule has 1 aliphatic carbocycles. The van der Waals surface area contributed by atoms with Crippen LogP contribution in [0.3, 0.4) is 0 Å².